The van der Waals surface area contributed by atoms with E-state index in [0.29, 0.717) is 41.4 Å². The van der Waals surface area contributed by atoms with Crippen molar-refractivity contribution in [1.82, 2.24) is 5.06 Å². The third-order valence-corrected chi connectivity index (χ3v) is 7.28. The van der Waals surface area contributed by atoms with E-state index in [2.05, 4.69) is 12.2 Å². The first kappa shape index (κ1) is 21.8. The van der Waals surface area contributed by atoms with Gasteiger partial charge in [-0.2, -0.15) is 0 Å². The van der Waals surface area contributed by atoms with Crippen LogP contribution in [0.3, 0.4) is 0 Å². The molecule has 0 aromatic rings. The van der Waals surface area contributed by atoms with Crippen molar-refractivity contribution in [3.8, 4) is 0 Å². The summed E-state index contributed by atoms with van der Waals surface area (Å²) < 4.78 is 6.22. The minimum atomic E-state index is -0.230. The molecular formula is C23H39NO4. The number of ether oxygens (including phenoxy) is 1. The molecule has 2 heterocycles. The van der Waals surface area contributed by atoms with Crippen LogP contribution in [0.1, 0.15) is 83.5 Å². The van der Waals surface area contributed by atoms with Crippen molar-refractivity contribution in [3.05, 3.63) is 12.2 Å². The maximum atomic E-state index is 11.4. The van der Waals surface area contributed by atoms with E-state index in [1.807, 2.05) is 0 Å². The van der Waals surface area contributed by atoms with Crippen molar-refractivity contribution in [1.29, 1.82) is 0 Å². The van der Waals surface area contributed by atoms with Gasteiger partial charge in [0, 0.05) is 13.5 Å². The predicted octanol–water partition coefficient (Wildman–Crippen LogP) is 4.47. The lowest BCUT2D eigenvalue weighted by atomic mass is 9.74. The molecule has 2 bridgehead atoms. The number of aliphatic hydroxyl groups is 1. The molecule has 0 spiro atoms. The highest BCUT2D eigenvalue weighted by atomic mass is 16.5. The van der Waals surface area contributed by atoms with Gasteiger partial charge in [0.25, 0.3) is 0 Å². The molecule has 3 rings (SSSR count). The van der Waals surface area contributed by atoms with E-state index in [1.165, 1.54) is 52.0 Å². The largest absolute Gasteiger partial charge is 0.393 e. The highest BCUT2D eigenvalue weighted by Gasteiger charge is 2.47. The van der Waals surface area contributed by atoms with Crippen molar-refractivity contribution in [2.75, 3.05) is 7.05 Å². The van der Waals surface area contributed by atoms with Crippen LogP contribution in [0.2, 0.25) is 0 Å². The molecule has 2 N–H and O–H groups in total. The molecule has 5 nitrogen and oxygen atoms in total. The summed E-state index contributed by atoms with van der Waals surface area (Å²) in [5.74, 6) is 1.46. The predicted molar refractivity (Wildman–Crippen MR) is 109 cm³/mol. The highest BCUT2D eigenvalue weighted by Crippen LogP contribution is 2.47. The third kappa shape index (κ3) is 5.80. The van der Waals surface area contributed by atoms with E-state index in [1.54, 1.807) is 0 Å². The van der Waals surface area contributed by atoms with Crippen LogP contribution in [0.4, 0.5) is 0 Å². The second-order valence-electron chi connectivity index (χ2n) is 9.18. The number of unbranched alkanes of at least 4 members (excludes halogenated alkanes) is 1. The first-order valence-corrected chi connectivity index (χ1v) is 11.5. The fourth-order valence-corrected chi connectivity index (χ4v) is 5.62. The zero-order valence-electron chi connectivity index (χ0n) is 17.5. The first-order valence-electron chi connectivity index (χ1n) is 11.5. The average Bonchev–Trinajstić information content (AvgIpc) is 3.31. The van der Waals surface area contributed by atoms with E-state index in [9.17, 15) is 9.90 Å². The van der Waals surface area contributed by atoms with Gasteiger partial charge in [-0.15, -0.1) is 0 Å². The topological polar surface area (TPSA) is 70.0 Å². The molecule has 28 heavy (non-hydrogen) atoms. The molecule has 1 saturated carbocycles. The van der Waals surface area contributed by atoms with Crippen molar-refractivity contribution in [3.63, 3.8) is 0 Å². The molecule has 1 amide bonds. The summed E-state index contributed by atoms with van der Waals surface area (Å²) in [7, 11) is 1.37. The van der Waals surface area contributed by atoms with Crippen LogP contribution in [-0.4, -0.2) is 46.6 Å². The number of hydrogen-bond donors (Lipinski definition) is 2. The van der Waals surface area contributed by atoms with E-state index in [0.717, 1.165) is 32.1 Å². The van der Waals surface area contributed by atoms with Crippen LogP contribution in [0, 0.1) is 17.8 Å². The lowest BCUT2D eigenvalue weighted by Gasteiger charge is -2.31. The Labute approximate surface area is 170 Å². The Morgan fingerprint density at radius 3 is 2.54 bits per heavy atom. The minimum Gasteiger partial charge on any atom is -0.393 e. The van der Waals surface area contributed by atoms with E-state index in [-0.39, 0.29) is 12.0 Å². The van der Waals surface area contributed by atoms with Gasteiger partial charge >= 0.3 is 0 Å². The fourth-order valence-electron chi connectivity index (χ4n) is 5.62. The number of nitrogens with zero attached hydrogens (tertiary/aromatic N) is 1. The number of amides is 1. The van der Waals surface area contributed by atoms with Gasteiger partial charge in [-0.05, 0) is 75.5 Å². The van der Waals surface area contributed by atoms with Crippen LogP contribution in [-0.2, 0) is 9.53 Å². The smallest absolute Gasteiger partial charge is 0.245 e. The van der Waals surface area contributed by atoms with Gasteiger partial charge in [0.2, 0.25) is 5.91 Å². The molecule has 5 heteroatoms. The molecule has 0 aromatic carbocycles. The number of hydrogen-bond acceptors (Lipinski definition) is 4. The first-order chi connectivity index (χ1) is 13.6. The van der Waals surface area contributed by atoms with Crippen molar-refractivity contribution < 1.29 is 19.8 Å². The summed E-state index contributed by atoms with van der Waals surface area (Å²) in [4.78, 5) is 11.4. The van der Waals surface area contributed by atoms with Gasteiger partial charge in [-0.25, -0.2) is 5.06 Å². The van der Waals surface area contributed by atoms with Crippen LogP contribution < -0.4 is 0 Å². The monoisotopic (exact) mass is 393 g/mol. The summed E-state index contributed by atoms with van der Waals surface area (Å²) in [6, 6.07) is 0. The van der Waals surface area contributed by atoms with Crippen LogP contribution in [0.15, 0.2) is 12.2 Å². The molecule has 2 saturated heterocycles. The Balaban J connectivity index is 1.40. The Kier molecular flexibility index (Phi) is 8.36. The summed E-state index contributed by atoms with van der Waals surface area (Å²) in [6.07, 6.45) is 18.9. The van der Waals surface area contributed by atoms with Gasteiger partial charge in [-0.1, -0.05) is 31.4 Å². The van der Waals surface area contributed by atoms with E-state index < -0.39 is 0 Å². The van der Waals surface area contributed by atoms with Gasteiger partial charge < -0.3 is 9.84 Å². The van der Waals surface area contributed by atoms with Gasteiger partial charge in [0.05, 0.1) is 18.3 Å². The second kappa shape index (κ2) is 10.7. The SMILES string of the molecule is CN(O)C(=O)CCC/C=C\C[C@H]1[C@@H](CCC(O)C2CCCCC2)[C@H]2CC[C@@H]1O2. The molecule has 3 fully saturated rings. The summed E-state index contributed by atoms with van der Waals surface area (Å²) in [6.45, 7) is 0. The molecule has 1 unspecified atom stereocenters. The van der Waals surface area contributed by atoms with Crippen molar-refractivity contribution >= 4 is 5.91 Å². The molecule has 5 atom stereocenters. The maximum absolute atomic E-state index is 11.4. The van der Waals surface area contributed by atoms with Gasteiger partial charge in [0.15, 0.2) is 0 Å². The molecule has 0 radical (unpaired) electrons. The number of carbonyl (C=O) groups is 1. The Bertz CT molecular complexity index is 515. The molecule has 0 aromatic heterocycles. The number of allylic oxidation sites excluding steroid dienone is 2. The van der Waals surface area contributed by atoms with Gasteiger partial charge in [-0.3, -0.25) is 10.0 Å². The maximum Gasteiger partial charge on any atom is 0.245 e. The minimum absolute atomic E-state index is 0.127. The van der Waals surface area contributed by atoms with Crippen LogP contribution in [0.5, 0.6) is 0 Å². The zero-order chi connectivity index (χ0) is 19.9. The summed E-state index contributed by atoms with van der Waals surface area (Å²) >= 11 is 0. The standard InChI is InChI=1S/C23H39NO4/c1-24(27)23(26)12-8-3-2-7-11-18-19(22-16-15-21(18)28-22)13-14-20(25)17-9-5-4-6-10-17/h2,7,17-22,25,27H,3-6,8-16H2,1H3/b7-2-/t18-,19+,20?,21-,22+/m0/s1. The molecule has 1 aliphatic carbocycles. The van der Waals surface area contributed by atoms with E-state index in [4.69, 9.17) is 9.94 Å². The quantitative estimate of drug-likeness (QED) is 0.249. The Hall–Kier alpha value is -0.910. The van der Waals surface area contributed by atoms with Crippen molar-refractivity contribution in [2.45, 2.75) is 102 Å². The second-order valence-corrected chi connectivity index (χ2v) is 9.18. The molecule has 2 aliphatic heterocycles. The number of aliphatic hydroxyl groups excluding tert-OH is 1. The Morgan fingerprint density at radius 2 is 1.82 bits per heavy atom. The number of rotatable bonds is 10. The normalized spacial score (nSPS) is 31.5. The van der Waals surface area contributed by atoms with Crippen molar-refractivity contribution in [2.24, 2.45) is 17.8 Å². The lowest BCUT2D eigenvalue weighted by molar-refractivity contribution is -0.159. The molecular weight excluding hydrogens is 354 g/mol. The number of hydroxylamine groups is 2. The molecule has 160 valence electrons. The van der Waals surface area contributed by atoms with Crippen LogP contribution in [0.25, 0.3) is 0 Å². The summed E-state index contributed by atoms with van der Waals surface area (Å²) in [5, 5.41) is 20.4. The van der Waals surface area contributed by atoms with E-state index >= 15 is 0 Å². The summed E-state index contributed by atoms with van der Waals surface area (Å²) in [5.41, 5.74) is 0. The highest BCUT2D eigenvalue weighted by molar-refractivity contribution is 5.74. The average molecular weight is 394 g/mol. The number of fused-ring (bicyclic) bond motifs is 2. The van der Waals surface area contributed by atoms with Crippen LogP contribution >= 0.6 is 0 Å². The lowest BCUT2D eigenvalue weighted by Crippen LogP contribution is -2.29. The third-order valence-electron chi connectivity index (χ3n) is 7.28. The Morgan fingerprint density at radius 1 is 1.11 bits per heavy atom. The molecule has 3 aliphatic rings. The zero-order valence-corrected chi connectivity index (χ0v) is 17.5. The van der Waals surface area contributed by atoms with Gasteiger partial charge in [0.1, 0.15) is 0 Å². The number of carbonyl (C=O) groups excluding carboxylic acids is 1. The fraction of sp³-hybridized carbons (Fsp3) is 0.870.